The van der Waals surface area contributed by atoms with Crippen LogP contribution >= 0.6 is 0 Å². The van der Waals surface area contributed by atoms with Gasteiger partial charge in [-0.15, -0.1) is 13.2 Å². The molecule has 2 aromatic heterocycles. The van der Waals surface area contributed by atoms with Gasteiger partial charge in [0.1, 0.15) is 22.9 Å². The highest BCUT2D eigenvalue weighted by Crippen LogP contribution is 2.47. The summed E-state index contributed by atoms with van der Waals surface area (Å²) in [6, 6.07) is 16.1. The molecule has 4 heterocycles. The number of piperidine rings is 1. The van der Waals surface area contributed by atoms with Gasteiger partial charge in [-0.2, -0.15) is 5.10 Å². The zero-order chi connectivity index (χ0) is 29.9. The van der Waals surface area contributed by atoms with Gasteiger partial charge in [0.25, 0.3) is 0 Å². The standard InChI is InChI=1S/C31H29F3N4O5/c1-37-26(30(39)40)15-25(35-37)17-8-10-19(11-9-17)38-20-12-21(38)14-22(13-20)41-16-24-28(36-43-29(24)18-6-7-18)23-4-2-3-5-27(23)42-31(32,33)34/h2-5,8-11,15,18,20-22H,6-7,12-14,16H2,1H3,(H,39,40)/t20-,21?,22?/m0/s1. The lowest BCUT2D eigenvalue weighted by molar-refractivity contribution is -0.274. The average Bonchev–Trinajstić information content (AvgIpc) is 3.60. The topological polar surface area (TPSA) is 103 Å². The Balaban J connectivity index is 1.03. The number of halogens is 3. The molecule has 2 aromatic carbocycles. The minimum Gasteiger partial charge on any atom is -0.477 e. The number of carboxylic acid groups (broad SMARTS) is 1. The molecule has 0 spiro atoms. The number of aromatic nitrogens is 3. The molecule has 2 saturated carbocycles. The van der Waals surface area contributed by atoms with Crippen LogP contribution in [-0.2, 0) is 18.4 Å². The van der Waals surface area contributed by atoms with Crippen LogP contribution in [0, 0.1) is 0 Å². The van der Waals surface area contributed by atoms with Crippen molar-refractivity contribution in [3.63, 3.8) is 0 Å². The number of hydrogen-bond donors (Lipinski definition) is 1. The van der Waals surface area contributed by atoms with Crippen molar-refractivity contribution in [1.29, 1.82) is 0 Å². The van der Waals surface area contributed by atoms with E-state index in [1.165, 1.54) is 16.8 Å². The molecular weight excluding hydrogens is 565 g/mol. The Hall–Kier alpha value is -4.32. The smallest absolute Gasteiger partial charge is 0.477 e. The first-order valence-corrected chi connectivity index (χ1v) is 14.3. The van der Waals surface area contributed by atoms with Crippen molar-refractivity contribution in [3.05, 3.63) is 71.6 Å². The number of anilines is 1. The predicted octanol–water partition coefficient (Wildman–Crippen LogP) is 6.54. The lowest BCUT2D eigenvalue weighted by Gasteiger charge is -2.56. The van der Waals surface area contributed by atoms with Gasteiger partial charge in [0, 0.05) is 47.4 Å². The Kier molecular flexibility index (Phi) is 6.68. The number of alkyl halides is 3. The summed E-state index contributed by atoms with van der Waals surface area (Å²) in [6.07, 6.45) is -0.208. The SMILES string of the molecule is Cn1nc(-c2ccc(N3C4CC(OCc5c(-c6ccccc6OC(F)(F)F)noc5C5CC5)C[C@@H]3C4)cc2)cc1C(=O)O. The van der Waals surface area contributed by atoms with E-state index in [1.807, 2.05) is 24.3 Å². The normalized spacial score (nSPS) is 21.5. The molecule has 2 aliphatic heterocycles. The first-order valence-electron chi connectivity index (χ1n) is 14.3. The number of benzene rings is 2. The van der Waals surface area contributed by atoms with Gasteiger partial charge >= 0.3 is 12.3 Å². The molecule has 2 unspecified atom stereocenters. The number of carbonyl (C=O) groups is 1. The predicted molar refractivity (Wildman–Crippen MR) is 149 cm³/mol. The van der Waals surface area contributed by atoms with Crippen LogP contribution < -0.4 is 9.64 Å². The maximum atomic E-state index is 13.1. The molecular formula is C31H29F3N4O5. The van der Waals surface area contributed by atoms with E-state index in [-0.39, 0.29) is 35.6 Å². The first kappa shape index (κ1) is 27.5. The van der Waals surface area contributed by atoms with Gasteiger partial charge in [0.15, 0.2) is 0 Å². The number of carboxylic acids is 1. The fraction of sp³-hybridized carbons (Fsp3) is 0.387. The van der Waals surface area contributed by atoms with Crippen molar-refractivity contribution in [2.45, 2.75) is 69.2 Å². The summed E-state index contributed by atoms with van der Waals surface area (Å²) in [4.78, 5) is 13.8. The third-order valence-corrected chi connectivity index (χ3v) is 8.56. The fourth-order valence-electron chi connectivity index (χ4n) is 6.41. The van der Waals surface area contributed by atoms with E-state index >= 15 is 0 Å². The van der Waals surface area contributed by atoms with Gasteiger partial charge in [0.2, 0.25) is 0 Å². The first-order chi connectivity index (χ1) is 20.6. The lowest BCUT2D eigenvalue weighted by atomic mass is 9.77. The molecule has 4 fully saturated rings. The molecule has 4 aliphatic rings. The number of ether oxygens (including phenoxy) is 2. The molecule has 1 N–H and O–H groups in total. The molecule has 12 heteroatoms. The number of rotatable bonds is 9. The van der Waals surface area contributed by atoms with E-state index in [0.29, 0.717) is 34.8 Å². The van der Waals surface area contributed by atoms with E-state index in [9.17, 15) is 23.1 Å². The lowest BCUT2D eigenvalue weighted by Crippen LogP contribution is -2.62. The van der Waals surface area contributed by atoms with Crippen molar-refractivity contribution in [2.75, 3.05) is 4.90 Å². The van der Waals surface area contributed by atoms with Crippen molar-refractivity contribution < 1.29 is 37.1 Å². The number of fused-ring (bicyclic) bond motifs is 2. The second-order valence-electron chi connectivity index (χ2n) is 11.4. The Bertz CT molecular complexity index is 1650. The highest BCUT2D eigenvalue weighted by molar-refractivity contribution is 5.87. The molecule has 2 bridgehead atoms. The zero-order valence-electron chi connectivity index (χ0n) is 23.3. The second-order valence-corrected chi connectivity index (χ2v) is 11.4. The van der Waals surface area contributed by atoms with Crippen LogP contribution in [0.4, 0.5) is 18.9 Å². The summed E-state index contributed by atoms with van der Waals surface area (Å²) < 4.78 is 57.0. The number of hydrogen-bond acceptors (Lipinski definition) is 7. The third-order valence-electron chi connectivity index (χ3n) is 8.56. The van der Waals surface area contributed by atoms with Gasteiger partial charge in [-0.1, -0.05) is 29.4 Å². The summed E-state index contributed by atoms with van der Waals surface area (Å²) >= 11 is 0. The maximum absolute atomic E-state index is 13.1. The van der Waals surface area contributed by atoms with Crippen LogP contribution in [0.1, 0.15) is 59.8 Å². The minimum atomic E-state index is -4.83. The highest BCUT2D eigenvalue weighted by atomic mass is 19.4. The van der Waals surface area contributed by atoms with E-state index in [2.05, 4.69) is 19.9 Å². The molecule has 43 heavy (non-hydrogen) atoms. The summed E-state index contributed by atoms with van der Waals surface area (Å²) in [7, 11) is 1.61. The average molecular weight is 595 g/mol. The Morgan fingerprint density at radius 3 is 2.44 bits per heavy atom. The molecule has 0 radical (unpaired) electrons. The zero-order valence-corrected chi connectivity index (χ0v) is 23.3. The number of aryl methyl sites for hydroxylation is 1. The molecule has 3 atom stereocenters. The maximum Gasteiger partial charge on any atom is 0.573 e. The van der Waals surface area contributed by atoms with Gasteiger partial charge < -0.3 is 24.0 Å². The van der Waals surface area contributed by atoms with Crippen LogP contribution in [0.5, 0.6) is 5.75 Å². The minimum absolute atomic E-state index is 0.00120. The van der Waals surface area contributed by atoms with E-state index in [4.69, 9.17) is 9.26 Å². The van der Waals surface area contributed by atoms with Crippen LogP contribution in [-0.4, -0.2) is 50.6 Å². The van der Waals surface area contributed by atoms with E-state index in [0.717, 1.165) is 43.4 Å². The second kappa shape index (κ2) is 10.4. The van der Waals surface area contributed by atoms with E-state index < -0.39 is 12.3 Å². The summed E-state index contributed by atoms with van der Waals surface area (Å²) in [5, 5.41) is 17.8. The van der Waals surface area contributed by atoms with Crippen molar-refractivity contribution in [1.82, 2.24) is 14.9 Å². The van der Waals surface area contributed by atoms with Gasteiger partial charge in [0.05, 0.1) is 18.4 Å². The van der Waals surface area contributed by atoms with Crippen LogP contribution in [0.25, 0.3) is 22.5 Å². The Morgan fingerprint density at radius 2 is 1.79 bits per heavy atom. The van der Waals surface area contributed by atoms with Gasteiger partial charge in [-0.25, -0.2) is 4.79 Å². The Morgan fingerprint density at radius 1 is 1.07 bits per heavy atom. The highest BCUT2D eigenvalue weighted by Gasteiger charge is 2.46. The van der Waals surface area contributed by atoms with Crippen molar-refractivity contribution in [3.8, 4) is 28.3 Å². The fourth-order valence-corrected chi connectivity index (χ4v) is 6.41. The monoisotopic (exact) mass is 594 g/mol. The van der Waals surface area contributed by atoms with E-state index in [1.54, 1.807) is 25.2 Å². The summed E-state index contributed by atoms with van der Waals surface area (Å²) in [6.45, 7) is 0.201. The van der Waals surface area contributed by atoms with Gasteiger partial charge in [-0.3, -0.25) is 4.68 Å². The van der Waals surface area contributed by atoms with Crippen molar-refractivity contribution in [2.24, 2.45) is 7.05 Å². The number of aromatic carboxylic acids is 1. The van der Waals surface area contributed by atoms with Crippen molar-refractivity contribution >= 4 is 11.7 Å². The number of nitrogens with zero attached hydrogens (tertiary/aromatic N) is 4. The van der Waals surface area contributed by atoms with Gasteiger partial charge in [-0.05, 0) is 62.4 Å². The Labute approximate surface area is 244 Å². The third kappa shape index (κ3) is 5.35. The molecule has 9 nitrogen and oxygen atoms in total. The molecule has 2 saturated heterocycles. The summed E-state index contributed by atoms with van der Waals surface area (Å²) in [5.41, 5.74) is 3.91. The molecule has 4 aromatic rings. The largest absolute Gasteiger partial charge is 0.573 e. The quantitative estimate of drug-likeness (QED) is 0.233. The molecule has 2 aliphatic carbocycles. The molecule has 0 amide bonds. The molecule has 8 rings (SSSR count). The van der Waals surface area contributed by atoms with Crippen LogP contribution in [0.15, 0.2) is 59.1 Å². The van der Waals surface area contributed by atoms with Crippen LogP contribution in [0.2, 0.25) is 0 Å². The van der Waals surface area contributed by atoms with Crippen LogP contribution in [0.3, 0.4) is 0 Å². The number of para-hydroxylation sites is 1. The summed E-state index contributed by atoms with van der Waals surface area (Å²) in [5.74, 6) is -0.455. The molecule has 224 valence electrons.